The summed E-state index contributed by atoms with van der Waals surface area (Å²) in [5, 5.41) is 9.58. The monoisotopic (exact) mass is 525 g/mol. The van der Waals surface area contributed by atoms with Crippen LogP contribution in [0.1, 0.15) is 40.5 Å². The van der Waals surface area contributed by atoms with E-state index in [1.807, 2.05) is 36.3 Å². The number of benzene rings is 1. The van der Waals surface area contributed by atoms with Crippen LogP contribution < -0.4 is 5.32 Å². The van der Waals surface area contributed by atoms with E-state index in [0.717, 1.165) is 86.4 Å². The Morgan fingerprint density at radius 2 is 1.79 bits per heavy atom. The summed E-state index contributed by atoms with van der Waals surface area (Å²) < 4.78 is 7.47. The van der Waals surface area contributed by atoms with Crippen molar-refractivity contribution in [1.29, 1.82) is 0 Å². The molecule has 9 nitrogen and oxygen atoms in total. The summed E-state index contributed by atoms with van der Waals surface area (Å²) in [6.07, 6.45) is 7.61. The largest absolute Gasteiger partial charge is 0.379 e. The lowest BCUT2D eigenvalue weighted by Crippen LogP contribution is -2.36. The van der Waals surface area contributed by atoms with Crippen molar-refractivity contribution in [3.8, 4) is 11.1 Å². The molecule has 1 N–H and O–H groups in total. The molecular weight excluding hydrogens is 490 g/mol. The Bertz CT molecular complexity index is 1470. The molecule has 9 heteroatoms. The number of fused-ring (bicyclic) bond motifs is 1. The van der Waals surface area contributed by atoms with Gasteiger partial charge < -0.3 is 15.0 Å². The van der Waals surface area contributed by atoms with Gasteiger partial charge in [0, 0.05) is 67.2 Å². The molecule has 0 radical (unpaired) electrons. The van der Waals surface area contributed by atoms with Crippen LogP contribution in [0.2, 0.25) is 0 Å². The van der Waals surface area contributed by atoms with Crippen molar-refractivity contribution in [2.45, 2.75) is 25.3 Å². The molecule has 2 aliphatic heterocycles. The average molecular weight is 526 g/mol. The number of amides is 1. The predicted molar refractivity (Wildman–Crippen MR) is 152 cm³/mol. The second-order valence-electron chi connectivity index (χ2n) is 10.6. The minimum atomic E-state index is -0.172. The second-order valence-corrected chi connectivity index (χ2v) is 10.6. The average Bonchev–Trinajstić information content (AvgIpc) is 3.33. The molecule has 0 saturated carbocycles. The van der Waals surface area contributed by atoms with E-state index in [2.05, 4.69) is 55.4 Å². The molecule has 5 heterocycles. The van der Waals surface area contributed by atoms with Crippen molar-refractivity contribution in [3.63, 3.8) is 0 Å². The van der Waals surface area contributed by atoms with Gasteiger partial charge in [0.2, 0.25) is 0 Å². The van der Waals surface area contributed by atoms with Crippen LogP contribution in [-0.2, 0) is 18.3 Å². The summed E-state index contributed by atoms with van der Waals surface area (Å²) >= 11 is 0. The number of carbonyl (C=O) groups excluding carboxylic acids is 1. The standard InChI is InChI=1S/C30H35N7O2/c1-35-9-6-21(7-10-35)27-16-23(5-8-31-27)30(38)34-29-17-25-15-22(3-4-24(25)18-32-29)26-19-33-36(2)28(26)20-37-11-13-39-14-12-37/h3-5,8,15-19,21H,6-7,9-14,20H2,1-2H3,(H,32,34,38). The number of nitrogens with one attached hydrogen (secondary N) is 1. The highest BCUT2D eigenvalue weighted by Crippen LogP contribution is 2.29. The van der Waals surface area contributed by atoms with E-state index in [1.54, 1.807) is 12.3 Å². The zero-order valence-corrected chi connectivity index (χ0v) is 22.6. The summed E-state index contributed by atoms with van der Waals surface area (Å²) in [7, 11) is 4.14. The fourth-order valence-electron chi connectivity index (χ4n) is 5.55. The van der Waals surface area contributed by atoms with Crippen molar-refractivity contribution in [1.82, 2.24) is 29.5 Å². The number of ether oxygens (including phenoxy) is 1. The maximum atomic E-state index is 13.2. The second kappa shape index (κ2) is 11.2. The lowest BCUT2D eigenvalue weighted by molar-refractivity contribution is 0.0332. The summed E-state index contributed by atoms with van der Waals surface area (Å²) in [6.45, 7) is 6.32. The first kappa shape index (κ1) is 25.6. The van der Waals surface area contributed by atoms with Crippen molar-refractivity contribution < 1.29 is 9.53 Å². The van der Waals surface area contributed by atoms with Crippen LogP contribution in [-0.4, -0.2) is 81.9 Å². The van der Waals surface area contributed by atoms with Crippen LogP contribution in [0.5, 0.6) is 0 Å². The number of anilines is 1. The van der Waals surface area contributed by atoms with E-state index in [0.29, 0.717) is 17.3 Å². The Hall–Kier alpha value is -3.66. The fourth-order valence-corrected chi connectivity index (χ4v) is 5.55. The molecule has 2 saturated heterocycles. The minimum absolute atomic E-state index is 0.172. The van der Waals surface area contributed by atoms with Gasteiger partial charge in [0.25, 0.3) is 5.91 Å². The third-order valence-electron chi connectivity index (χ3n) is 7.99. The first-order chi connectivity index (χ1) is 19.0. The van der Waals surface area contributed by atoms with E-state index in [9.17, 15) is 4.79 Å². The smallest absolute Gasteiger partial charge is 0.256 e. The molecule has 2 aliphatic rings. The van der Waals surface area contributed by atoms with E-state index in [1.165, 1.54) is 5.69 Å². The van der Waals surface area contributed by atoms with Crippen molar-refractivity contribution in [3.05, 3.63) is 71.9 Å². The van der Waals surface area contributed by atoms with Gasteiger partial charge in [-0.3, -0.25) is 19.4 Å². The third-order valence-corrected chi connectivity index (χ3v) is 7.99. The van der Waals surface area contributed by atoms with Gasteiger partial charge in [-0.2, -0.15) is 5.10 Å². The summed E-state index contributed by atoms with van der Waals surface area (Å²) in [6, 6.07) is 12.0. The van der Waals surface area contributed by atoms with Crippen LogP contribution in [0.15, 0.2) is 55.0 Å². The van der Waals surface area contributed by atoms with Gasteiger partial charge in [-0.25, -0.2) is 4.98 Å². The number of likely N-dealkylation sites (tertiary alicyclic amines) is 1. The molecular formula is C30H35N7O2. The van der Waals surface area contributed by atoms with Crippen LogP contribution in [0.3, 0.4) is 0 Å². The Kier molecular flexibility index (Phi) is 7.36. The normalized spacial score (nSPS) is 17.5. The first-order valence-corrected chi connectivity index (χ1v) is 13.7. The molecule has 0 unspecified atom stereocenters. The van der Waals surface area contributed by atoms with Crippen molar-refractivity contribution in [2.24, 2.45) is 7.05 Å². The number of aryl methyl sites for hydroxylation is 1. The fraction of sp³-hybridized carbons (Fsp3) is 0.400. The number of morpholine rings is 1. The number of carbonyl (C=O) groups is 1. The zero-order chi connectivity index (χ0) is 26.8. The molecule has 0 aliphatic carbocycles. The number of rotatable bonds is 6. The third kappa shape index (κ3) is 5.71. The van der Waals surface area contributed by atoms with Gasteiger partial charge in [0.1, 0.15) is 5.82 Å². The highest BCUT2D eigenvalue weighted by Gasteiger charge is 2.21. The number of pyridine rings is 2. The molecule has 0 spiro atoms. The van der Waals surface area contributed by atoms with E-state index < -0.39 is 0 Å². The van der Waals surface area contributed by atoms with Crippen LogP contribution in [0.25, 0.3) is 21.9 Å². The lowest BCUT2D eigenvalue weighted by atomic mass is 9.92. The maximum Gasteiger partial charge on any atom is 0.256 e. The van der Waals surface area contributed by atoms with Crippen LogP contribution in [0.4, 0.5) is 5.82 Å². The van der Waals surface area contributed by atoms with Gasteiger partial charge in [0.15, 0.2) is 0 Å². The predicted octanol–water partition coefficient (Wildman–Crippen LogP) is 3.92. The molecule has 6 rings (SSSR count). The van der Waals surface area contributed by atoms with E-state index >= 15 is 0 Å². The Labute approximate surface area is 228 Å². The Morgan fingerprint density at radius 1 is 0.974 bits per heavy atom. The number of hydrogen-bond donors (Lipinski definition) is 1. The van der Waals surface area contributed by atoms with Gasteiger partial charge in [0.05, 0.1) is 25.1 Å². The molecule has 1 aromatic carbocycles. The first-order valence-electron chi connectivity index (χ1n) is 13.7. The maximum absolute atomic E-state index is 13.2. The van der Waals surface area contributed by atoms with E-state index in [4.69, 9.17) is 4.74 Å². The van der Waals surface area contributed by atoms with Crippen LogP contribution in [0, 0.1) is 0 Å². The van der Waals surface area contributed by atoms with Gasteiger partial charge in [-0.05, 0) is 68.2 Å². The summed E-state index contributed by atoms with van der Waals surface area (Å²) in [5.74, 6) is 0.753. The molecule has 39 heavy (non-hydrogen) atoms. The molecule has 3 aromatic heterocycles. The SMILES string of the molecule is CN1CCC(c2cc(C(=O)Nc3cc4cc(-c5cnn(C)c5CN5CCOCC5)ccc4cn3)ccn2)CC1. The van der Waals surface area contributed by atoms with Gasteiger partial charge >= 0.3 is 0 Å². The summed E-state index contributed by atoms with van der Waals surface area (Å²) in [4.78, 5) is 27.0. The highest BCUT2D eigenvalue weighted by atomic mass is 16.5. The topological polar surface area (TPSA) is 88.4 Å². The van der Waals surface area contributed by atoms with Gasteiger partial charge in [-0.1, -0.05) is 12.1 Å². The number of aromatic nitrogens is 4. The molecule has 1 amide bonds. The van der Waals surface area contributed by atoms with Crippen molar-refractivity contribution >= 4 is 22.5 Å². The number of hydrogen-bond acceptors (Lipinski definition) is 7. The highest BCUT2D eigenvalue weighted by molar-refractivity contribution is 6.04. The molecule has 0 atom stereocenters. The Morgan fingerprint density at radius 3 is 2.62 bits per heavy atom. The molecule has 4 aromatic rings. The van der Waals surface area contributed by atoms with Crippen LogP contribution >= 0.6 is 0 Å². The summed E-state index contributed by atoms with van der Waals surface area (Å²) in [5.41, 5.74) is 5.00. The van der Waals surface area contributed by atoms with Gasteiger partial charge in [-0.15, -0.1) is 0 Å². The van der Waals surface area contributed by atoms with E-state index in [-0.39, 0.29) is 5.91 Å². The Balaban J connectivity index is 1.21. The lowest BCUT2D eigenvalue weighted by Gasteiger charge is -2.28. The number of nitrogens with zero attached hydrogens (tertiary/aromatic N) is 6. The quantitative estimate of drug-likeness (QED) is 0.408. The zero-order valence-electron chi connectivity index (χ0n) is 22.6. The van der Waals surface area contributed by atoms with Crippen molar-refractivity contribution in [2.75, 3.05) is 51.8 Å². The molecule has 0 bridgehead atoms. The molecule has 202 valence electrons. The minimum Gasteiger partial charge on any atom is -0.379 e. The molecule has 2 fully saturated rings. The number of piperidine rings is 1.